The van der Waals surface area contributed by atoms with Crippen molar-refractivity contribution in [2.45, 2.75) is 96.4 Å². The molecule has 3 heterocycles. The van der Waals surface area contributed by atoms with Crippen molar-refractivity contribution in [1.82, 2.24) is 24.8 Å². The van der Waals surface area contributed by atoms with Gasteiger partial charge in [0.2, 0.25) is 11.8 Å². The Balaban J connectivity index is 1.05. The van der Waals surface area contributed by atoms with Crippen LogP contribution in [-0.4, -0.2) is 98.8 Å². The van der Waals surface area contributed by atoms with Crippen molar-refractivity contribution in [3.63, 3.8) is 0 Å². The molecule has 14 nitrogen and oxygen atoms in total. The molecule has 76 heavy (non-hydrogen) atoms. The number of thiocarbonyl (C=S) groups is 1. The van der Waals surface area contributed by atoms with Gasteiger partial charge in [0.05, 0.1) is 64.8 Å². The molecule has 0 spiro atoms. The van der Waals surface area contributed by atoms with Gasteiger partial charge in [-0.25, -0.2) is 13.8 Å². The lowest BCUT2D eigenvalue weighted by molar-refractivity contribution is -0.143. The largest absolute Gasteiger partial charge is 0.494 e. The van der Waals surface area contributed by atoms with Gasteiger partial charge in [0, 0.05) is 38.9 Å². The molecular weight excluding hydrogens is 1030 g/mol. The third kappa shape index (κ3) is 13.0. The molecule has 5 aromatic rings. The summed E-state index contributed by atoms with van der Waals surface area (Å²) in [6, 6.07) is 14.4. The van der Waals surface area contributed by atoms with Crippen LogP contribution < -0.4 is 19.9 Å². The van der Waals surface area contributed by atoms with E-state index >= 15 is 8.78 Å². The Kier molecular flexibility index (Phi) is 18.0. The summed E-state index contributed by atoms with van der Waals surface area (Å²) in [4.78, 5) is 51.3. The Bertz CT molecular complexity index is 2980. The number of unbranched alkanes of at least 4 members (excludes halogenated alkanes) is 1. The highest BCUT2D eigenvalue weighted by Crippen LogP contribution is 2.42. The first-order valence-corrected chi connectivity index (χ1v) is 24.3. The van der Waals surface area contributed by atoms with E-state index in [-0.39, 0.29) is 37.0 Å². The number of nitrogens with one attached hydrogen (secondary N) is 1. The molecule has 3 atom stereocenters. The summed E-state index contributed by atoms with van der Waals surface area (Å²) in [6.45, 7) is 7.95. The predicted octanol–water partition coefficient (Wildman–Crippen LogP) is 9.97. The van der Waals surface area contributed by atoms with E-state index < -0.39 is 104 Å². The van der Waals surface area contributed by atoms with Gasteiger partial charge in [-0.05, 0) is 93.1 Å². The number of ether oxygens (including phenoxy) is 2. The van der Waals surface area contributed by atoms with Crippen molar-refractivity contribution in [2.75, 3.05) is 43.2 Å². The second-order valence-corrected chi connectivity index (χ2v) is 20.1. The number of halogens is 8. The van der Waals surface area contributed by atoms with Crippen LogP contribution in [0.25, 0.3) is 22.5 Å². The normalized spacial score (nSPS) is 14.9. The molecule has 0 saturated carbocycles. The fourth-order valence-electron chi connectivity index (χ4n) is 8.81. The first kappa shape index (κ1) is 58.2. The van der Waals surface area contributed by atoms with Crippen molar-refractivity contribution in [2.24, 2.45) is 12.5 Å². The van der Waals surface area contributed by atoms with Gasteiger partial charge in [-0.1, -0.05) is 51.1 Å². The SMILES string of the molecule is CN(C(=S)N(c1cnc(-c2ccc(OCCCCOCC(=O)N[C@H](C(=O)N3CCCC3C(O)c3ncc(-c4ccccc4)n3C)C(C)(C)C)cc2C(F)(F)F)c(F)c1)C(C)(C)C=O)c1ccc(C#N)c(C(F)(F)F)c1F. The summed E-state index contributed by atoms with van der Waals surface area (Å²) in [5.74, 6) is -3.90. The van der Waals surface area contributed by atoms with Crippen LogP contribution in [0.2, 0.25) is 0 Å². The number of nitrogens with zero attached hydrogens (tertiary/aromatic N) is 7. The zero-order valence-electron chi connectivity index (χ0n) is 42.5. The predicted molar refractivity (Wildman–Crippen MR) is 270 cm³/mol. The van der Waals surface area contributed by atoms with Crippen molar-refractivity contribution >= 4 is 46.8 Å². The highest BCUT2D eigenvalue weighted by atomic mass is 32.1. The standard InChI is InChI=1S/C53H56F8N8O6S/c1-50(2,3)46(48(73)68-21-13-16-39(68)45(72)47-64-28-40(66(47)6)31-14-9-8-10-15-31)65-41(71)29-74-22-11-12-23-75-34-18-19-35(36(25-34)52(56,57)58)44-37(54)24-33(27-63-44)69(51(4,5)30-70)49(76)67(7)38-20-17-32(26-62)42(43(38)55)53(59,60)61/h8-10,14-15,17-20,24-25,27-28,30,39,45-46,72H,11-13,16,21-23,29H2,1-7H3,(H,65,71)/t39?,45?,46-/m1/s1. The van der Waals surface area contributed by atoms with E-state index in [0.29, 0.717) is 50.1 Å². The highest BCUT2D eigenvalue weighted by molar-refractivity contribution is 7.80. The summed E-state index contributed by atoms with van der Waals surface area (Å²) >= 11 is 5.47. The number of anilines is 2. The smallest absolute Gasteiger partial charge is 0.420 e. The summed E-state index contributed by atoms with van der Waals surface area (Å²) in [5, 5.41) is 23.0. The van der Waals surface area contributed by atoms with E-state index in [1.807, 2.05) is 51.1 Å². The third-order valence-corrected chi connectivity index (χ3v) is 13.2. The molecule has 1 fully saturated rings. The molecule has 0 aliphatic carbocycles. The lowest BCUT2D eigenvalue weighted by Crippen LogP contribution is -2.57. The Morgan fingerprint density at radius 1 is 0.961 bits per heavy atom. The first-order chi connectivity index (χ1) is 35.6. The van der Waals surface area contributed by atoms with E-state index in [9.17, 15) is 51.1 Å². The number of aliphatic hydroxyl groups is 1. The van der Waals surface area contributed by atoms with Gasteiger partial charge < -0.3 is 44.0 Å². The van der Waals surface area contributed by atoms with Crippen molar-refractivity contribution in [3.05, 3.63) is 113 Å². The minimum atomic E-state index is -5.29. The third-order valence-electron chi connectivity index (χ3n) is 12.8. The second-order valence-electron chi connectivity index (χ2n) is 19.7. The van der Waals surface area contributed by atoms with Crippen LogP contribution in [-0.2, 0) is 38.5 Å². The molecule has 0 bridgehead atoms. The number of likely N-dealkylation sites (tertiary alicyclic amines) is 1. The Hall–Kier alpha value is -7.03. The van der Waals surface area contributed by atoms with E-state index in [4.69, 9.17) is 21.7 Å². The number of pyridine rings is 1. The van der Waals surface area contributed by atoms with Crippen LogP contribution in [0.1, 0.15) is 88.9 Å². The van der Waals surface area contributed by atoms with Crippen molar-refractivity contribution in [3.8, 4) is 34.3 Å². The van der Waals surface area contributed by atoms with Crippen molar-refractivity contribution in [1.29, 1.82) is 5.26 Å². The number of aromatic nitrogens is 3. The topological polar surface area (TPSA) is 166 Å². The van der Waals surface area contributed by atoms with Gasteiger partial charge >= 0.3 is 12.4 Å². The number of benzene rings is 3. The van der Waals surface area contributed by atoms with Crippen LogP contribution >= 0.6 is 12.2 Å². The number of aliphatic hydroxyl groups excluding tert-OH is 1. The number of carbonyl (C=O) groups excluding carboxylic acids is 3. The molecule has 6 rings (SSSR count). The van der Waals surface area contributed by atoms with Gasteiger partial charge in [0.25, 0.3) is 0 Å². The molecule has 23 heteroatoms. The molecule has 406 valence electrons. The minimum Gasteiger partial charge on any atom is -0.494 e. The molecule has 0 radical (unpaired) electrons. The van der Waals surface area contributed by atoms with Gasteiger partial charge in [0.15, 0.2) is 16.7 Å². The maximum atomic E-state index is 16.0. The van der Waals surface area contributed by atoms with E-state index in [1.165, 1.54) is 26.0 Å². The molecule has 2 unspecified atom stereocenters. The number of aldehydes is 1. The number of rotatable bonds is 18. The molecule has 2 aromatic heterocycles. The molecule has 3 aromatic carbocycles. The summed E-state index contributed by atoms with van der Waals surface area (Å²) in [6.07, 6.45) is -6.74. The average Bonchev–Trinajstić information content (AvgIpc) is 4.02. The number of alkyl halides is 6. The number of hydrogen-bond donors (Lipinski definition) is 2. The molecule has 2 N–H and O–H groups in total. The Morgan fingerprint density at radius 3 is 2.26 bits per heavy atom. The van der Waals surface area contributed by atoms with Crippen LogP contribution in [0.4, 0.5) is 46.5 Å². The van der Waals surface area contributed by atoms with Crippen LogP contribution in [0.5, 0.6) is 5.75 Å². The second kappa shape index (κ2) is 23.5. The lowest BCUT2D eigenvalue weighted by atomic mass is 9.85. The number of imidazole rings is 1. The quantitative estimate of drug-likeness (QED) is 0.0370. The zero-order chi connectivity index (χ0) is 56.1. The average molecular weight is 1090 g/mol. The molecule has 1 saturated heterocycles. The molecule has 1 aliphatic heterocycles. The molecule has 1 aliphatic rings. The van der Waals surface area contributed by atoms with E-state index in [1.54, 1.807) is 22.7 Å². The maximum absolute atomic E-state index is 16.0. The van der Waals surface area contributed by atoms with E-state index in [0.717, 1.165) is 52.5 Å². The molecular formula is C53H56F8N8O6S. The van der Waals surface area contributed by atoms with Gasteiger partial charge in [0.1, 0.15) is 47.9 Å². The van der Waals surface area contributed by atoms with Gasteiger partial charge in [-0.2, -0.15) is 31.6 Å². The van der Waals surface area contributed by atoms with E-state index in [2.05, 4.69) is 15.3 Å². The van der Waals surface area contributed by atoms with Crippen LogP contribution in [0.3, 0.4) is 0 Å². The fourth-order valence-corrected chi connectivity index (χ4v) is 9.25. The zero-order valence-corrected chi connectivity index (χ0v) is 43.3. The highest BCUT2D eigenvalue weighted by Gasteiger charge is 2.44. The van der Waals surface area contributed by atoms with Crippen molar-refractivity contribution < 1.29 is 64.1 Å². The maximum Gasteiger partial charge on any atom is 0.420 e. The lowest BCUT2D eigenvalue weighted by Gasteiger charge is -2.39. The van der Waals surface area contributed by atoms with Crippen LogP contribution in [0.15, 0.2) is 79.1 Å². The number of hydrogen-bond acceptors (Lipinski definition) is 10. The molecule has 2 amide bonds. The summed E-state index contributed by atoms with van der Waals surface area (Å²) < 4.78 is 129. The number of nitriles is 1. The number of amides is 2. The Labute approximate surface area is 439 Å². The fraction of sp³-hybridized carbons (Fsp3) is 0.415. The minimum absolute atomic E-state index is 0.0569. The Morgan fingerprint density at radius 2 is 1.64 bits per heavy atom. The van der Waals surface area contributed by atoms with Gasteiger partial charge in [-0.15, -0.1) is 0 Å². The van der Waals surface area contributed by atoms with Crippen LogP contribution in [0, 0.1) is 28.4 Å². The van der Waals surface area contributed by atoms with Gasteiger partial charge in [-0.3, -0.25) is 14.6 Å². The summed E-state index contributed by atoms with van der Waals surface area (Å²) in [5.41, 5.74) is -7.46. The monoisotopic (exact) mass is 1080 g/mol. The number of carbonyl (C=O) groups is 3. The first-order valence-electron chi connectivity index (χ1n) is 23.9. The summed E-state index contributed by atoms with van der Waals surface area (Å²) in [7, 11) is 2.87.